The van der Waals surface area contributed by atoms with Crippen molar-refractivity contribution in [1.29, 1.82) is 0 Å². The predicted molar refractivity (Wildman–Crippen MR) is 120 cm³/mol. The highest BCUT2D eigenvalue weighted by atomic mass is 35.5. The van der Waals surface area contributed by atoms with E-state index >= 15 is 0 Å². The molecule has 0 fully saturated rings. The summed E-state index contributed by atoms with van der Waals surface area (Å²) in [6, 6.07) is 22.8. The number of ether oxygens (including phenoxy) is 3. The normalized spacial score (nSPS) is 10.6. The van der Waals surface area contributed by atoms with Crippen LogP contribution in [0, 0.1) is 0 Å². The summed E-state index contributed by atoms with van der Waals surface area (Å²) in [6.45, 7) is 1.69. The molecule has 0 unspecified atom stereocenters. The summed E-state index contributed by atoms with van der Waals surface area (Å²) < 4.78 is 17.7. The Bertz CT molecular complexity index is 1220. The van der Waals surface area contributed by atoms with Crippen LogP contribution in [-0.2, 0) is 4.79 Å². The standard InChI is InChI=1S/C25H19ClO5/c1-2-21(27)31-23-20-15-16(26)13-14-19(20)22(28)24(29-17-9-5-3-6-10-17)25(23)30-18-11-7-4-8-12-18/h3-15,28H,2H2,1H3. The third kappa shape index (κ3) is 4.42. The van der Waals surface area contributed by atoms with Crippen molar-refractivity contribution in [1.82, 2.24) is 0 Å². The largest absolute Gasteiger partial charge is 0.504 e. The molecule has 0 saturated heterocycles. The van der Waals surface area contributed by atoms with Crippen LogP contribution in [0.25, 0.3) is 10.8 Å². The van der Waals surface area contributed by atoms with Gasteiger partial charge in [0.2, 0.25) is 11.5 Å². The summed E-state index contributed by atoms with van der Waals surface area (Å²) in [5.74, 6) is 0.574. The van der Waals surface area contributed by atoms with E-state index in [1.165, 1.54) is 0 Å². The third-order valence-electron chi connectivity index (χ3n) is 4.54. The number of phenols is 1. The molecule has 0 amide bonds. The molecule has 0 saturated carbocycles. The fourth-order valence-corrected chi connectivity index (χ4v) is 3.23. The van der Waals surface area contributed by atoms with Gasteiger partial charge in [0.05, 0.1) is 0 Å². The Labute approximate surface area is 184 Å². The predicted octanol–water partition coefficient (Wildman–Crippen LogP) is 7.10. The number of esters is 1. The van der Waals surface area contributed by atoms with E-state index in [4.69, 9.17) is 25.8 Å². The summed E-state index contributed by atoms with van der Waals surface area (Å²) in [5.41, 5.74) is 0. The van der Waals surface area contributed by atoms with Gasteiger partial charge < -0.3 is 19.3 Å². The molecule has 0 bridgehead atoms. The lowest BCUT2D eigenvalue weighted by molar-refractivity contribution is -0.134. The molecule has 6 heteroatoms. The first kappa shape index (κ1) is 20.6. The van der Waals surface area contributed by atoms with Crippen LogP contribution in [0.5, 0.6) is 34.5 Å². The van der Waals surface area contributed by atoms with E-state index in [9.17, 15) is 9.90 Å². The summed E-state index contributed by atoms with van der Waals surface area (Å²) >= 11 is 6.20. The van der Waals surface area contributed by atoms with Crippen molar-refractivity contribution >= 4 is 28.3 Å². The van der Waals surface area contributed by atoms with Gasteiger partial charge in [-0.1, -0.05) is 54.9 Å². The van der Waals surface area contributed by atoms with Gasteiger partial charge in [-0.05, 0) is 42.5 Å². The number of aromatic hydroxyl groups is 1. The van der Waals surface area contributed by atoms with E-state index < -0.39 is 5.97 Å². The highest BCUT2D eigenvalue weighted by molar-refractivity contribution is 6.31. The second-order valence-electron chi connectivity index (χ2n) is 6.68. The number of fused-ring (bicyclic) bond motifs is 1. The molecule has 0 spiro atoms. The van der Waals surface area contributed by atoms with Crippen LogP contribution in [0.1, 0.15) is 13.3 Å². The topological polar surface area (TPSA) is 65.0 Å². The molecule has 31 heavy (non-hydrogen) atoms. The number of hydrogen-bond donors (Lipinski definition) is 1. The summed E-state index contributed by atoms with van der Waals surface area (Å²) in [4.78, 5) is 12.3. The van der Waals surface area contributed by atoms with E-state index in [-0.39, 0.29) is 29.4 Å². The lowest BCUT2D eigenvalue weighted by atomic mass is 10.1. The lowest BCUT2D eigenvalue weighted by Crippen LogP contribution is -2.08. The van der Waals surface area contributed by atoms with Crippen LogP contribution in [0.15, 0.2) is 78.9 Å². The van der Waals surface area contributed by atoms with E-state index in [0.29, 0.717) is 27.3 Å². The van der Waals surface area contributed by atoms with Crippen molar-refractivity contribution in [3.05, 3.63) is 83.9 Å². The first-order chi connectivity index (χ1) is 15.1. The molecule has 156 valence electrons. The van der Waals surface area contributed by atoms with E-state index in [1.54, 1.807) is 49.4 Å². The number of carbonyl (C=O) groups is 1. The Hall–Kier alpha value is -3.70. The summed E-state index contributed by atoms with van der Waals surface area (Å²) in [6.07, 6.45) is 0.155. The van der Waals surface area contributed by atoms with E-state index in [0.717, 1.165) is 0 Å². The minimum absolute atomic E-state index is 0.0313. The van der Waals surface area contributed by atoms with Crippen LogP contribution >= 0.6 is 11.6 Å². The molecule has 1 N–H and O–H groups in total. The molecular formula is C25H19ClO5. The fourth-order valence-electron chi connectivity index (χ4n) is 3.05. The Balaban J connectivity index is 1.99. The maximum absolute atomic E-state index is 12.3. The van der Waals surface area contributed by atoms with Crippen LogP contribution in [0.2, 0.25) is 5.02 Å². The Kier molecular flexibility index (Phi) is 5.96. The molecule has 0 aliphatic rings. The SMILES string of the molecule is CCC(=O)Oc1c(Oc2ccccc2)c(Oc2ccccc2)c(O)c2ccc(Cl)cc12. The molecule has 0 aliphatic carbocycles. The van der Waals surface area contributed by atoms with Crippen molar-refractivity contribution in [3.63, 3.8) is 0 Å². The number of rotatable bonds is 6. The van der Waals surface area contributed by atoms with Crippen molar-refractivity contribution in [2.24, 2.45) is 0 Å². The first-order valence-electron chi connectivity index (χ1n) is 9.71. The quantitative estimate of drug-likeness (QED) is 0.259. The average molecular weight is 435 g/mol. The van der Waals surface area contributed by atoms with Gasteiger partial charge in [0.25, 0.3) is 0 Å². The van der Waals surface area contributed by atoms with Gasteiger partial charge in [-0.3, -0.25) is 4.79 Å². The average Bonchev–Trinajstić information content (AvgIpc) is 2.80. The van der Waals surface area contributed by atoms with Crippen molar-refractivity contribution in [2.45, 2.75) is 13.3 Å². The highest BCUT2D eigenvalue weighted by Gasteiger charge is 2.26. The van der Waals surface area contributed by atoms with Gasteiger partial charge in [-0.15, -0.1) is 0 Å². The minimum Gasteiger partial charge on any atom is -0.504 e. The third-order valence-corrected chi connectivity index (χ3v) is 4.77. The van der Waals surface area contributed by atoms with Crippen LogP contribution < -0.4 is 14.2 Å². The van der Waals surface area contributed by atoms with Gasteiger partial charge in [0, 0.05) is 22.2 Å². The van der Waals surface area contributed by atoms with Crippen molar-refractivity contribution in [2.75, 3.05) is 0 Å². The van der Waals surface area contributed by atoms with Gasteiger partial charge in [-0.25, -0.2) is 0 Å². The lowest BCUT2D eigenvalue weighted by Gasteiger charge is -2.19. The number of para-hydroxylation sites is 2. The molecule has 0 radical (unpaired) electrons. The maximum Gasteiger partial charge on any atom is 0.311 e. The number of carbonyl (C=O) groups excluding carboxylic acids is 1. The number of halogens is 1. The van der Waals surface area contributed by atoms with Gasteiger partial charge in [0.15, 0.2) is 11.5 Å². The Morgan fingerprint density at radius 1 is 0.806 bits per heavy atom. The molecule has 0 heterocycles. The summed E-state index contributed by atoms with van der Waals surface area (Å²) in [7, 11) is 0. The Morgan fingerprint density at radius 3 is 1.97 bits per heavy atom. The minimum atomic E-state index is -0.462. The molecule has 5 nitrogen and oxygen atoms in total. The zero-order valence-corrected chi connectivity index (χ0v) is 17.4. The zero-order chi connectivity index (χ0) is 21.8. The molecule has 4 aromatic carbocycles. The smallest absolute Gasteiger partial charge is 0.311 e. The maximum atomic E-state index is 12.3. The van der Waals surface area contributed by atoms with Crippen LogP contribution in [0.3, 0.4) is 0 Å². The highest BCUT2D eigenvalue weighted by Crippen LogP contribution is 2.53. The second-order valence-corrected chi connectivity index (χ2v) is 7.12. The number of benzene rings is 4. The van der Waals surface area contributed by atoms with E-state index in [2.05, 4.69) is 0 Å². The van der Waals surface area contributed by atoms with Crippen molar-refractivity contribution in [3.8, 4) is 34.5 Å². The van der Waals surface area contributed by atoms with Crippen LogP contribution in [-0.4, -0.2) is 11.1 Å². The molecule has 4 aromatic rings. The molecule has 4 rings (SSSR count). The number of hydrogen-bond acceptors (Lipinski definition) is 5. The van der Waals surface area contributed by atoms with Gasteiger partial charge in [-0.2, -0.15) is 0 Å². The van der Waals surface area contributed by atoms with Gasteiger partial charge >= 0.3 is 5.97 Å². The molecule has 0 aliphatic heterocycles. The first-order valence-corrected chi connectivity index (χ1v) is 10.1. The fraction of sp³-hybridized carbons (Fsp3) is 0.0800. The van der Waals surface area contributed by atoms with E-state index in [1.807, 2.05) is 36.4 Å². The van der Waals surface area contributed by atoms with Crippen molar-refractivity contribution < 1.29 is 24.1 Å². The molecule has 0 atom stereocenters. The molecular weight excluding hydrogens is 416 g/mol. The molecule has 0 aromatic heterocycles. The second kappa shape index (κ2) is 8.98. The van der Waals surface area contributed by atoms with Crippen LogP contribution in [0.4, 0.5) is 0 Å². The monoisotopic (exact) mass is 434 g/mol. The number of phenolic OH excluding ortho intramolecular Hbond substituents is 1. The zero-order valence-electron chi connectivity index (χ0n) is 16.7. The van der Waals surface area contributed by atoms with Gasteiger partial charge in [0.1, 0.15) is 11.5 Å². The Morgan fingerprint density at radius 2 is 1.39 bits per heavy atom. The summed E-state index contributed by atoms with van der Waals surface area (Å²) in [5, 5.41) is 12.3.